The van der Waals surface area contributed by atoms with Gasteiger partial charge in [-0.05, 0) is 30.5 Å². The third-order valence-corrected chi connectivity index (χ3v) is 4.28. The van der Waals surface area contributed by atoms with E-state index in [1.54, 1.807) is 6.20 Å². The summed E-state index contributed by atoms with van der Waals surface area (Å²) in [6.45, 7) is 2.22. The summed E-state index contributed by atoms with van der Waals surface area (Å²) in [6, 6.07) is 8.32. The Hall–Kier alpha value is -2.08. The summed E-state index contributed by atoms with van der Waals surface area (Å²) in [5.41, 5.74) is 2.30. The Morgan fingerprint density at radius 3 is 2.90 bits per heavy atom. The van der Waals surface area contributed by atoms with Crippen LogP contribution >= 0.6 is 11.3 Å². The maximum atomic E-state index is 10.6. The van der Waals surface area contributed by atoms with Crippen LogP contribution in [-0.4, -0.2) is 29.3 Å². The molecule has 2 N–H and O–H groups in total. The second kappa shape index (κ2) is 5.50. The zero-order valence-electron chi connectivity index (χ0n) is 10.9. The standard InChI is InChI=1S/C14H15N3O2S/c18-14(19)16-13-15-9-12(20-13)10-4-3-5-11(8-10)17-6-1-2-7-17/h3-5,8-9H,1-2,6-7H2,(H,15,16)(H,18,19). The van der Waals surface area contributed by atoms with E-state index >= 15 is 0 Å². The van der Waals surface area contributed by atoms with Gasteiger partial charge in [0, 0.05) is 25.0 Å². The van der Waals surface area contributed by atoms with E-state index in [1.165, 1.54) is 29.9 Å². The van der Waals surface area contributed by atoms with Crippen LogP contribution in [0.4, 0.5) is 15.6 Å². The third kappa shape index (κ3) is 2.75. The Morgan fingerprint density at radius 1 is 1.35 bits per heavy atom. The molecule has 0 radical (unpaired) electrons. The van der Waals surface area contributed by atoms with Gasteiger partial charge in [0.1, 0.15) is 0 Å². The van der Waals surface area contributed by atoms with Crippen molar-refractivity contribution in [2.24, 2.45) is 0 Å². The monoisotopic (exact) mass is 289 g/mol. The van der Waals surface area contributed by atoms with Crippen molar-refractivity contribution in [1.82, 2.24) is 4.98 Å². The summed E-state index contributed by atoms with van der Waals surface area (Å²) in [5, 5.41) is 11.4. The molecule has 0 spiro atoms. The molecule has 0 bridgehead atoms. The summed E-state index contributed by atoms with van der Waals surface area (Å²) >= 11 is 1.34. The van der Waals surface area contributed by atoms with Gasteiger partial charge in [0.05, 0.1) is 4.88 Å². The SMILES string of the molecule is O=C(O)Nc1ncc(-c2cccc(N3CCCC3)c2)s1. The summed E-state index contributed by atoms with van der Waals surface area (Å²) in [6.07, 6.45) is 3.12. The van der Waals surface area contributed by atoms with Crippen LogP contribution in [0.3, 0.4) is 0 Å². The highest BCUT2D eigenvalue weighted by Crippen LogP contribution is 2.32. The predicted octanol–water partition coefficient (Wildman–Crippen LogP) is 3.50. The second-order valence-electron chi connectivity index (χ2n) is 4.70. The first-order valence-electron chi connectivity index (χ1n) is 6.53. The summed E-state index contributed by atoms with van der Waals surface area (Å²) in [5.74, 6) is 0. The molecular weight excluding hydrogens is 274 g/mol. The third-order valence-electron chi connectivity index (χ3n) is 3.32. The second-order valence-corrected chi connectivity index (χ2v) is 5.73. The van der Waals surface area contributed by atoms with E-state index in [-0.39, 0.29) is 0 Å². The highest BCUT2D eigenvalue weighted by Gasteiger charge is 2.13. The molecule has 2 aromatic rings. The normalized spacial score (nSPS) is 14.5. The van der Waals surface area contributed by atoms with E-state index in [0.29, 0.717) is 5.13 Å². The molecule has 1 fully saturated rings. The summed E-state index contributed by atoms with van der Waals surface area (Å²) in [4.78, 5) is 18.0. The highest BCUT2D eigenvalue weighted by molar-refractivity contribution is 7.19. The molecule has 3 rings (SSSR count). The summed E-state index contributed by atoms with van der Waals surface area (Å²) in [7, 11) is 0. The number of nitrogens with zero attached hydrogens (tertiary/aromatic N) is 2. The molecule has 1 aromatic carbocycles. The molecule has 2 heterocycles. The van der Waals surface area contributed by atoms with Gasteiger partial charge in [0.25, 0.3) is 0 Å². The Bertz CT molecular complexity index is 620. The molecular formula is C14H15N3O2S. The quantitative estimate of drug-likeness (QED) is 0.907. The van der Waals surface area contributed by atoms with Crippen molar-refractivity contribution in [2.75, 3.05) is 23.3 Å². The molecule has 1 aliphatic rings. The number of hydrogen-bond donors (Lipinski definition) is 2. The fourth-order valence-electron chi connectivity index (χ4n) is 2.39. The number of carbonyl (C=O) groups is 1. The number of thiazole rings is 1. The molecule has 0 unspecified atom stereocenters. The van der Waals surface area contributed by atoms with E-state index in [9.17, 15) is 4.79 Å². The Labute approximate surface area is 120 Å². The lowest BCUT2D eigenvalue weighted by Crippen LogP contribution is -2.17. The number of nitrogens with one attached hydrogen (secondary N) is 1. The van der Waals surface area contributed by atoms with Crippen molar-refractivity contribution in [3.63, 3.8) is 0 Å². The molecule has 0 saturated carbocycles. The van der Waals surface area contributed by atoms with E-state index in [1.807, 2.05) is 12.1 Å². The number of hydrogen-bond acceptors (Lipinski definition) is 4. The van der Waals surface area contributed by atoms with Crippen LogP contribution < -0.4 is 10.2 Å². The van der Waals surface area contributed by atoms with Crippen LogP contribution in [0.15, 0.2) is 30.5 Å². The Morgan fingerprint density at radius 2 is 2.15 bits per heavy atom. The predicted molar refractivity (Wildman–Crippen MR) is 80.6 cm³/mol. The van der Waals surface area contributed by atoms with Crippen molar-refractivity contribution in [3.05, 3.63) is 30.5 Å². The van der Waals surface area contributed by atoms with Crippen molar-refractivity contribution >= 4 is 28.2 Å². The molecule has 1 aliphatic heterocycles. The van der Waals surface area contributed by atoms with Crippen LogP contribution in [0.2, 0.25) is 0 Å². The van der Waals surface area contributed by atoms with Crippen molar-refractivity contribution in [3.8, 4) is 10.4 Å². The van der Waals surface area contributed by atoms with E-state index in [2.05, 4.69) is 27.3 Å². The minimum atomic E-state index is -1.09. The molecule has 20 heavy (non-hydrogen) atoms. The minimum absolute atomic E-state index is 0.402. The highest BCUT2D eigenvalue weighted by atomic mass is 32.1. The van der Waals surface area contributed by atoms with Gasteiger partial charge >= 0.3 is 6.09 Å². The average molecular weight is 289 g/mol. The first-order chi connectivity index (χ1) is 9.72. The lowest BCUT2D eigenvalue weighted by molar-refractivity contribution is 0.209. The minimum Gasteiger partial charge on any atom is -0.465 e. The van der Waals surface area contributed by atoms with Gasteiger partial charge in [-0.15, -0.1) is 0 Å². The van der Waals surface area contributed by atoms with Gasteiger partial charge in [-0.2, -0.15) is 0 Å². The smallest absolute Gasteiger partial charge is 0.410 e. The van der Waals surface area contributed by atoms with Gasteiger partial charge < -0.3 is 10.0 Å². The first-order valence-corrected chi connectivity index (χ1v) is 7.35. The van der Waals surface area contributed by atoms with Crippen molar-refractivity contribution in [2.45, 2.75) is 12.8 Å². The zero-order valence-corrected chi connectivity index (χ0v) is 11.7. The number of anilines is 2. The Kier molecular flexibility index (Phi) is 3.56. The Balaban J connectivity index is 1.84. The average Bonchev–Trinajstić information content (AvgIpc) is 3.09. The van der Waals surface area contributed by atoms with E-state index < -0.39 is 6.09 Å². The lowest BCUT2D eigenvalue weighted by Gasteiger charge is -2.18. The van der Waals surface area contributed by atoms with Gasteiger partial charge in [-0.1, -0.05) is 23.5 Å². The van der Waals surface area contributed by atoms with Crippen LogP contribution in [0.1, 0.15) is 12.8 Å². The van der Waals surface area contributed by atoms with Crippen LogP contribution in [0.5, 0.6) is 0 Å². The van der Waals surface area contributed by atoms with Crippen molar-refractivity contribution < 1.29 is 9.90 Å². The van der Waals surface area contributed by atoms with Crippen LogP contribution in [-0.2, 0) is 0 Å². The van der Waals surface area contributed by atoms with Gasteiger partial charge in [0.15, 0.2) is 5.13 Å². The fourth-order valence-corrected chi connectivity index (χ4v) is 3.19. The maximum Gasteiger partial charge on any atom is 0.410 e. The maximum absolute atomic E-state index is 10.6. The molecule has 5 nitrogen and oxygen atoms in total. The molecule has 104 valence electrons. The molecule has 1 aromatic heterocycles. The number of benzene rings is 1. The molecule has 1 saturated heterocycles. The summed E-state index contributed by atoms with van der Waals surface area (Å²) < 4.78 is 0. The molecule has 0 atom stereocenters. The molecule has 1 amide bonds. The number of amides is 1. The van der Waals surface area contributed by atoms with Gasteiger partial charge in [-0.3, -0.25) is 5.32 Å². The largest absolute Gasteiger partial charge is 0.465 e. The molecule has 0 aliphatic carbocycles. The topological polar surface area (TPSA) is 65.5 Å². The van der Waals surface area contributed by atoms with Crippen LogP contribution in [0, 0.1) is 0 Å². The fraction of sp³-hybridized carbons (Fsp3) is 0.286. The molecule has 6 heteroatoms. The number of rotatable bonds is 3. The van der Waals surface area contributed by atoms with Crippen LogP contribution in [0.25, 0.3) is 10.4 Å². The zero-order chi connectivity index (χ0) is 13.9. The number of carboxylic acid groups (broad SMARTS) is 1. The van der Waals surface area contributed by atoms with Gasteiger partial charge in [-0.25, -0.2) is 9.78 Å². The lowest BCUT2D eigenvalue weighted by atomic mass is 10.1. The van der Waals surface area contributed by atoms with Crippen molar-refractivity contribution in [1.29, 1.82) is 0 Å². The number of aromatic nitrogens is 1. The first kappa shape index (κ1) is 12.9. The van der Waals surface area contributed by atoms with Gasteiger partial charge in [0.2, 0.25) is 0 Å². The van der Waals surface area contributed by atoms with E-state index in [4.69, 9.17) is 5.11 Å². The van der Waals surface area contributed by atoms with E-state index in [0.717, 1.165) is 23.5 Å².